The first-order valence-electron chi connectivity index (χ1n) is 18.2. The van der Waals surface area contributed by atoms with Crippen LogP contribution in [0.25, 0.3) is 83.9 Å². The standard InChI is InChI=1S/C49H36N4/c1-31-28-36(48-51-46(32-14-6-4-7-15-32)50-47(52-48)33-16-8-5-9-17-33)24-26-43(31)53-44-21-13-11-19-38(44)40-30-35(23-27-45(40)53)34-22-25-42-39(29-34)37-18-10-12-20-41(37)49(42,2)3/h4-30H,1-3H3. The molecule has 0 amide bonds. The molecule has 0 aliphatic heterocycles. The van der Waals surface area contributed by atoms with Crippen molar-refractivity contribution in [2.24, 2.45) is 0 Å². The molecule has 53 heavy (non-hydrogen) atoms. The summed E-state index contributed by atoms with van der Waals surface area (Å²) in [6, 6.07) is 58.3. The van der Waals surface area contributed by atoms with Crippen LogP contribution in [-0.2, 0) is 5.41 Å². The third-order valence-electron chi connectivity index (χ3n) is 11.0. The van der Waals surface area contributed by atoms with Crippen LogP contribution in [0.1, 0.15) is 30.5 Å². The summed E-state index contributed by atoms with van der Waals surface area (Å²) < 4.78 is 2.40. The van der Waals surface area contributed by atoms with Crippen molar-refractivity contribution < 1.29 is 0 Å². The number of aromatic nitrogens is 4. The van der Waals surface area contributed by atoms with Crippen LogP contribution in [0, 0.1) is 6.92 Å². The van der Waals surface area contributed by atoms with Crippen molar-refractivity contribution >= 4 is 21.8 Å². The van der Waals surface area contributed by atoms with Crippen molar-refractivity contribution in [2.75, 3.05) is 0 Å². The van der Waals surface area contributed by atoms with Gasteiger partial charge in [-0.3, -0.25) is 0 Å². The molecule has 1 aliphatic rings. The number of fused-ring (bicyclic) bond motifs is 6. The Morgan fingerprint density at radius 3 is 1.68 bits per heavy atom. The summed E-state index contributed by atoms with van der Waals surface area (Å²) in [4.78, 5) is 14.9. The summed E-state index contributed by atoms with van der Waals surface area (Å²) in [6.45, 7) is 6.84. The first-order valence-corrected chi connectivity index (χ1v) is 18.2. The van der Waals surface area contributed by atoms with Crippen molar-refractivity contribution in [3.63, 3.8) is 0 Å². The van der Waals surface area contributed by atoms with Gasteiger partial charge in [-0.15, -0.1) is 0 Å². The van der Waals surface area contributed by atoms with Crippen molar-refractivity contribution in [3.8, 4) is 62.1 Å². The highest BCUT2D eigenvalue weighted by Crippen LogP contribution is 2.49. The third-order valence-corrected chi connectivity index (χ3v) is 11.0. The van der Waals surface area contributed by atoms with Gasteiger partial charge in [0.25, 0.3) is 0 Å². The maximum absolute atomic E-state index is 4.98. The van der Waals surface area contributed by atoms with E-state index in [1.165, 1.54) is 55.2 Å². The molecule has 0 saturated carbocycles. The van der Waals surface area contributed by atoms with Gasteiger partial charge < -0.3 is 4.57 Å². The Balaban J connectivity index is 1.08. The average molecular weight is 681 g/mol. The molecule has 2 heterocycles. The lowest BCUT2D eigenvalue weighted by Gasteiger charge is -2.21. The second kappa shape index (κ2) is 12.0. The fourth-order valence-electron chi connectivity index (χ4n) is 8.29. The maximum Gasteiger partial charge on any atom is 0.164 e. The van der Waals surface area contributed by atoms with Crippen molar-refractivity contribution in [1.29, 1.82) is 0 Å². The number of hydrogen-bond acceptors (Lipinski definition) is 3. The number of para-hydroxylation sites is 1. The van der Waals surface area contributed by atoms with E-state index < -0.39 is 0 Å². The van der Waals surface area contributed by atoms with E-state index in [0.29, 0.717) is 17.5 Å². The normalized spacial score (nSPS) is 13.0. The van der Waals surface area contributed by atoms with Crippen LogP contribution >= 0.6 is 0 Å². The van der Waals surface area contributed by atoms with Gasteiger partial charge in [0.05, 0.1) is 11.0 Å². The SMILES string of the molecule is Cc1cc(-c2nc(-c3ccccc3)nc(-c3ccccc3)n2)ccc1-n1c2ccccc2c2cc(-c3ccc4c(c3)-c3ccccc3C4(C)C)ccc21. The molecule has 4 heteroatoms. The molecule has 252 valence electrons. The van der Waals surface area contributed by atoms with Gasteiger partial charge in [0, 0.05) is 38.6 Å². The Bertz CT molecular complexity index is 2810. The van der Waals surface area contributed by atoms with Crippen LogP contribution in [0.2, 0.25) is 0 Å². The van der Waals surface area contributed by atoms with Crippen LogP contribution in [-0.4, -0.2) is 19.5 Å². The smallest absolute Gasteiger partial charge is 0.164 e. The minimum Gasteiger partial charge on any atom is -0.309 e. The average Bonchev–Trinajstić information content (AvgIpc) is 3.66. The fourth-order valence-corrected chi connectivity index (χ4v) is 8.29. The molecule has 10 rings (SSSR count). The van der Waals surface area contributed by atoms with E-state index in [1.807, 2.05) is 60.7 Å². The number of aryl methyl sites for hydroxylation is 1. The molecule has 1 aliphatic carbocycles. The monoisotopic (exact) mass is 680 g/mol. The van der Waals surface area contributed by atoms with Gasteiger partial charge in [-0.25, -0.2) is 15.0 Å². The number of hydrogen-bond donors (Lipinski definition) is 0. The molecule has 0 bridgehead atoms. The zero-order valence-electron chi connectivity index (χ0n) is 29.9. The Hall–Kier alpha value is -6.65. The second-order valence-electron chi connectivity index (χ2n) is 14.6. The number of rotatable bonds is 5. The van der Waals surface area contributed by atoms with Crippen LogP contribution in [0.3, 0.4) is 0 Å². The summed E-state index contributed by atoms with van der Waals surface area (Å²) in [5, 5.41) is 2.47. The molecule has 0 atom stereocenters. The molecular weight excluding hydrogens is 645 g/mol. The van der Waals surface area contributed by atoms with Crippen molar-refractivity contribution in [2.45, 2.75) is 26.2 Å². The van der Waals surface area contributed by atoms with Crippen LogP contribution < -0.4 is 0 Å². The molecule has 0 spiro atoms. The molecule has 0 unspecified atom stereocenters. The lowest BCUT2D eigenvalue weighted by Crippen LogP contribution is -2.14. The molecule has 0 N–H and O–H groups in total. The summed E-state index contributed by atoms with van der Waals surface area (Å²) in [7, 11) is 0. The Morgan fingerprint density at radius 1 is 0.415 bits per heavy atom. The first kappa shape index (κ1) is 31.1. The van der Waals surface area contributed by atoms with E-state index in [2.05, 4.69) is 128 Å². The van der Waals surface area contributed by atoms with E-state index in [-0.39, 0.29) is 5.41 Å². The van der Waals surface area contributed by atoms with E-state index in [4.69, 9.17) is 15.0 Å². The van der Waals surface area contributed by atoms with Gasteiger partial charge in [-0.2, -0.15) is 0 Å². The Labute approximate surface area is 309 Å². The van der Waals surface area contributed by atoms with Crippen LogP contribution in [0.15, 0.2) is 164 Å². The number of nitrogens with zero attached hydrogens (tertiary/aromatic N) is 4. The minimum atomic E-state index is -0.00681. The van der Waals surface area contributed by atoms with Crippen molar-refractivity contribution in [1.82, 2.24) is 19.5 Å². The molecule has 2 aromatic heterocycles. The summed E-state index contributed by atoms with van der Waals surface area (Å²) in [5.74, 6) is 1.97. The van der Waals surface area contributed by atoms with Crippen LogP contribution in [0.5, 0.6) is 0 Å². The highest BCUT2D eigenvalue weighted by molar-refractivity contribution is 6.10. The Kier molecular flexibility index (Phi) is 7.02. The summed E-state index contributed by atoms with van der Waals surface area (Å²) in [5.41, 5.74) is 15.4. The maximum atomic E-state index is 4.98. The number of benzene rings is 7. The lowest BCUT2D eigenvalue weighted by molar-refractivity contribution is 0.660. The molecular formula is C49H36N4. The van der Waals surface area contributed by atoms with E-state index >= 15 is 0 Å². The molecule has 9 aromatic rings. The van der Waals surface area contributed by atoms with Gasteiger partial charge in [-0.05, 0) is 88.3 Å². The Morgan fingerprint density at radius 2 is 0.962 bits per heavy atom. The minimum absolute atomic E-state index is 0.00681. The predicted octanol–water partition coefficient (Wildman–Crippen LogP) is 12.3. The lowest BCUT2D eigenvalue weighted by atomic mass is 9.82. The second-order valence-corrected chi connectivity index (χ2v) is 14.6. The van der Waals surface area contributed by atoms with Crippen LogP contribution in [0.4, 0.5) is 0 Å². The van der Waals surface area contributed by atoms with Gasteiger partial charge in [0.1, 0.15) is 0 Å². The molecule has 0 fully saturated rings. The van der Waals surface area contributed by atoms with Crippen molar-refractivity contribution in [3.05, 3.63) is 180 Å². The third kappa shape index (κ3) is 5.02. The zero-order valence-corrected chi connectivity index (χ0v) is 29.9. The van der Waals surface area contributed by atoms with E-state index in [1.54, 1.807) is 0 Å². The molecule has 7 aromatic carbocycles. The van der Waals surface area contributed by atoms with E-state index in [0.717, 1.165) is 27.9 Å². The quantitative estimate of drug-likeness (QED) is 0.182. The molecule has 0 saturated heterocycles. The van der Waals surface area contributed by atoms with Gasteiger partial charge in [0.2, 0.25) is 0 Å². The fraction of sp³-hybridized carbons (Fsp3) is 0.0816. The topological polar surface area (TPSA) is 43.6 Å². The van der Waals surface area contributed by atoms with Gasteiger partial charge in [0.15, 0.2) is 17.5 Å². The molecule has 4 nitrogen and oxygen atoms in total. The summed E-state index contributed by atoms with van der Waals surface area (Å²) >= 11 is 0. The predicted molar refractivity (Wildman–Crippen MR) is 218 cm³/mol. The van der Waals surface area contributed by atoms with E-state index in [9.17, 15) is 0 Å². The van der Waals surface area contributed by atoms with Gasteiger partial charge >= 0.3 is 0 Å². The van der Waals surface area contributed by atoms with Gasteiger partial charge in [-0.1, -0.05) is 135 Å². The highest BCUT2D eigenvalue weighted by atomic mass is 15.0. The highest BCUT2D eigenvalue weighted by Gasteiger charge is 2.35. The summed E-state index contributed by atoms with van der Waals surface area (Å²) in [6.07, 6.45) is 0. The molecule has 0 radical (unpaired) electrons. The zero-order chi connectivity index (χ0) is 35.7. The largest absolute Gasteiger partial charge is 0.309 e. The first-order chi connectivity index (χ1) is 25.9.